The Morgan fingerprint density at radius 1 is 1.00 bits per heavy atom. The molecule has 18 heavy (non-hydrogen) atoms. The summed E-state index contributed by atoms with van der Waals surface area (Å²) >= 11 is 1.67. The van der Waals surface area contributed by atoms with Crippen molar-refractivity contribution in [1.82, 2.24) is 4.98 Å². The van der Waals surface area contributed by atoms with Gasteiger partial charge in [0.05, 0.1) is 15.2 Å². The fourth-order valence-electron chi connectivity index (χ4n) is 2.21. The van der Waals surface area contributed by atoms with Gasteiger partial charge in [-0.2, -0.15) is 0 Å². The van der Waals surface area contributed by atoms with Crippen LogP contribution in [0.25, 0.3) is 21.3 Å². The minimum absolute atomic E-state index is 0.188. The maximum atomic E-state index is 13.8. The zero-order valence-corrected chi connectivity index (χ0v) is 11.0. The number of halogens is 1. The van der Waals surface area contributed by atoms with E-state index in [-0.39, 0.29) is 5.82 Å². The average molecular weight is 257 g/mol. The summed E-state index contributed by atoms with van der Waals surface area (Å²) in [5.41, 5.74) is 3.59. The Hall–Kier alpha value is -1.74. The van der Waals surface area contributed by atoms with Gasteiger partial charge in [-0.25, -0.2) is 9.37 Å². The molecule has 0 aliphatic carbocycles. The van der Waals surface area contributed by atoms with Crippen LogP contribution < -0.4 is 0 Å². The summed E-state index contributed by atoms with van der Waals surface area (Å²) in [6.45, 7) is 4.00. The van der Waals surface area contributed by atoms with Crippen LogP contribution in [0.1, 0.15) is 10.6 Å². The summed E-state index contributed by atoms with van der Waals surface area (Å²) in [5, 5.41) is 1.04. The topological polar surface area (TPSA) is 12.9 Å². The van der Waals surface area contributed by atoms with Crippen LogP contribution in [0.15, 0.2) is 36.4 Å². The van der Waals surface area contributed by atoms with Crippen molar-refractivity contribution >= 4 is 21.6 Å². The largest absolute Gasteiger partial charge is 0.241 e. The van der Waals surface area contributed by atoms with Crippen LogP contribution in [-0.2, 0) is 0 Å². The van der Waals surface area contributed by atoms with Gasteiger partial charge in [-0.1, -0.05) is 24.3 Å². The number of aryl methyl sites for hydroxylation is 2. The monoisotopic (exact) mass is 257 g/mol. The number of rotatable bonds is 1. The van der Waals surface area contributed by atoms with Crippen molar-refractivity contribution in [2.45, 2.75) is 13.8 Å². The van der Waals surface area contributed by atoms with Crippen LogP contribution in [0.4, 0.5) is 4.39 Å². The number of benzene rings is 2. The second-order valence-electron chi connectivity index (χ2n) is 4.30. The molecule has 0 amide bonds. The highest BCUT2D eigenvalue weighted by molar-refractivity contribution is 7.18. The van der Waals surface area contributed by atoms with Crippen molar-refractivity contribution in [3.05, 3.63) is 52.8 Å². The lowest BCUT2D eigenvalue weighted by molar-refractivity contribution is 0.631. The van der Waals surface area contributed by atoms with Gasteiger partial charge >= 0.3 is 0 Å². The predicted octanol–water partition coefficient (Wildman–Crippen LogP) is 4.72. The van der Waals surface area contributed by atoms with E-state index in [0.717, 1.165) is 26.4 Å². The average Bonchev–Trinajstić information content (AvgIpc) is 2.73. The molecule has 0 bridgehead atoms. The zero-order chi connectivity index (χ0) is 12.7. The van der Waals surface area contributed by atoms with Crippen molar-refractivity contribution in [1.29, 1.82) is 0 Å². The maximum Gasteiger partial charge on any atom is 0.131 e. The molecule has 0 saturated heterocycles. The standard InChI is InChI=1S/C15H12FNS/c1-9-11(12-5-3-4-6-13(12)16)7-8-14-15(9)17-10(2)18-14/h3-8H,1-2H3. The molecule has 0 saturated carbocycles. The normalized spacial score (nSPS) is 11.1. The molecule has 3 aromatic rings. The fraction of sp³-hybridized carbons (Fsp3) is 0.133. The zero-order valence-electron chi connectivity index (χ0n) is 10.2. The predicted molar refractivity (Wildman–Crippen MR) is 74.5 cm³/mol. The van der Waals surface area contributed by atoms with Crippen molar-refractivity contribution in [2.24, 2.45) is 0 Å². The Labute approximate surface area is 109 Å². The highest BCUT2D eigenvalue weighted by Gasteiger charge is 2.11. The number of thiazole rings is 1. The number of fused-ring (bicyclic) bond motifs is 1. The number of hydrogen-bond acceptors (Lipinski definition) is 2. The van der Waals surface area contributed by atoms with Crippen LogP contribution in [-0.4, -0.2) is 4.98 Å². The van der Waals surface area contributed by atoms with Gasteiger partial charge < -0.3 is 0 Å². The molecule has 0 spiro atoms. The first-order valence-electron chi connectivity index (χ1n) is 5.78. The molecule has 90 valence electrons. The molecule has 0 aliphatic rings. The van der Waals surface area contributed by atoms with Gasteiger partial charge in [0.15, 0.2) is 0 Å². The Morgan fingerprint density at radius 3 is 2.56 bits per heavy atom. The summed E-state index contributed by atoms with van der Waals surface area (Å²) in [7, 11) is 0. The quantitative estimate of drug-likeness (QED) is 0.614. The van der Waals surface area contributed by atoms with Crippen molar-refractivity contribution in [3.63, 3.8) is 0 Å². The minimum atomic E-state index is -0.188. The van der Waals surface area contributed by atoms with E-state index in [1.165, 1.54) is 6.07 Å². The molecule has 0 radical (unpaired) electrons. The molecule has 3 rings (SSSR count). The van der Waals surface area contributed by atoms with E-state index >= 15 is 0 Å². The first kappa shape index (κ1) is 11.4. The third-order valence-electron chi connectivity index (χ3n) is 3.08. The summed E-state index contributed by atoms with van der Waals surface area (Å²) in [6, 6.07) is 10.9. The van der Waals surface area contributed by atoms with Crippen LogP contribution >= 0.6 is 11.3 Å². The van der Waals surface area contributed by atoms with Crippen molar-refractivity contribution in [2.75, 3.05) is 0 Å². The summed E-state index contributed by atoms with van der Waals surface area (Å²) < 4.78 is 15.0. The summed E-state index contributed by atoms with van der Waals surface area (Å²) in [5.74, 6) is -0.188. The van der Waals surface area contributed by atoms with E-state index in [0.29, 0.717) is 5.56 Å². The Bertz CT molecular complexity index is 730. The van der Waals surface area contributed by atoms with Gasteiger partial charge in [0.2, 0.25) is 0 Å². The first-order valence-corrected chi connectivity index (χ1v) is 6.60. The highest BCUT2D eigenvalue weighted by Crippen LogP contribution is 2.33. The van der Waals surface area contributed by atoms with E-state index in [4.69, 9.17) is 0 Å². The third kappa shape index (κ3) is 1.71. The van der Waals surface area contributed by atoms with Gasteiger partial charge in [-0.05, 0) is 37.1 Å². The van der Waals surface area contributed by atoms with E-state index in [9.17, 15) is 4.39 Å². The third-order valence-corrected chi connectivity index (χ3v) is 4.02. The smallest absolute Gasteiger partial charge is 0.131 e. The molecule has 0 atom stereocenters. The SMILES string of the molecule is Cc1nc2c(C)c(-c3ccccc3F)ccc2s1. The summed E-state index contributed by atoms with van der Waals surface area (Å²) in [4.78, 5) is 4.52. The van der Waals surface area contributed by atoms with E-state index in [2.05, 4.69) is 4.98 Å². The maximum absolute atomic E-state index is 13.8. The van der Waals surface area contributed by atoms with Crippen molar-refractivity contribution < 1.29 is 4.39 Å². The molecule has 3 heteroatoms. The van der Waals surface area contributed by atoms with Crippen LogP contribution in [0.3, 0.4) is 0 Å². The highest BCUT2D eigenvalue weighted by atomic mass is 32.1. The van der Waals surface area contributed by atoms with Crippen molar-refractivity contribution in [3.8, 4) is 11.1 Å². The molecule has 0 N–H and O–H groups in total. The molecule has 1 heterocycles. The fourth-order valence-corrected chi connectivity index (χ4v) is 3.09. The Morgan fingerprint density at radius 2 is 1.78 bits per heavy atom. The van der Waals surface area contributed by atoms with Crippen LogP contribution in [0, 0.1) is 19.7 Å². The first-order chi connectivity index (χ1) is 8.66. The second-order valence-corrected chi connectivity index (χ2v) is 5.53. The molecular weight excluding hydrogens is 245 g/mol. The molecule has 1 nitrogen and oxygen atoms in total. The van der Waals surface area contributed by atoms with E-state index in [1.54, 1.807) is 17.4 Å². The number of nitrogens with zero attached hydrogens (tertiary/aromatic N) is 1. The summed E-state index contributed by atoms with van der Waals surface area (Å²) in [6.07, 6.45) is 0. The molecular formula is C15H12FNS. The Kier molecular flexibility index (Phi) is 2.63. The lowest BCUT2D eigenvalue weighted by Crippen LogP contribution is -1.88. The van der Waals surface area contributed by atoms with Gasteiger partial charge in [-0.3, -0.25) is 0 Å². The second kappa shape index (κ2) is 4.18. The van der Waals surface area contributed by atoms with Crippen LogP contribution in [0.2, 0.25) is 0 Å². The van der Waals surface area contributed by atoms with Gasteiger partial charge in [-0.15, -0.1) is 11.3 Å². The number of aromatic nitrogens is 1. The lowest BCUT2D eigenvalue weighted by atomic mass is 9.99. The molecule has 0 fully saturated rings. The Balaban J connectivity index is 2.30. The van der Waals surface area contributed by atoms with E-state index < -0.39 is 0 Å². The minimum Gasteiger partial charge on any atom is -0.241 e. The van der Waals surface area contributed by atoms with Crippen LogP contribution in [0.5, 0.6) is 0 Å². The van der Waals surface area contributed by atoms with Gasteiger partial charge in [0.25, 0.3) is 0 Å². The van der Waals surface area contributed by atoms with Gasteiger partial charge in [0, 0.05) is 5.56 Å². The molecule has 1 aromatic heterocycles. The van der Waals surface area contributed by atoms with E-state index in [1.807, 2.05) is 38.1 Å². The van der Waals surface area contributed by atoms with Gasteiger partial charge in [0.1, 0.15) is 5.82 Å². The molecule has 0 unspecified atom stereocenters. The molecule has 0 aliphatic heterocycles. The lowest BCUT2D eigenvalue weighted by Gasteiger charge is -2.07. The molecule has 2 aromatic carbocycles. The number of hydrogen-bond donors (Lipinski definition) is 0.